The molecule has 3 N–H and O–H groups in total. The first-order valence-electron chi connectivity index (χ1n) is 6.28. The fourth-order valence-corrected chi connectivity index (χ4v) is 2.50. The Kier molecular flexibility index (Phi) is 5.27. The van der Waals surface area contributed by atoms with E-state index in [4.69, 9.17) is 10.6 Å². The topological polar surface area (TPSA) is 47.3 Å². The van der Waals surface area contributed by atoms with E-state index in [0.717, 1.165) is 10.0 Å². The average molecular weight is 357 g/mol. The first-order chi connectivity index (χ1) is 10.0. The standard InChI is InChI=1S/C15H15BrF2N2O/c1-21-15-5-2-9(7-13(15)18)14(20-19)8-10-6-11(17)3-4-12(10)16/h2-7,14,20H,8,19H2,1H3. The van der Waals surface area contributed by atoms with E-state index in [-0.39, 0.29) is 17.6 Å². The highest BCUT2D eigenvalue weighted by Crippen LogP contribution is 2.27. The van der Waals surface area contributed by atoms with Crippen LogP contribution in [0, 0.1) is 11.6 Å². The third-order valence-electron chi connectivity index (χ3n) is 3.21. The molecule has 0 aliphatic carbocycles. The maximum Gasteiger partial charge on any atom is 0.165 e. The van der Waals surface area contributed by atoms with E-state index < -0.39 is 5.82 Å². The van der Waals surface area contributed by atoms with Gasteiger partial charge in [0, 0.05) is 4.47 Å². The van der Waals surface area contributed by atoms with E-state index >= 15 is 0 Å². The Labute approximate surface area is 130 Å². The molecule has 112 valence electrons. The van der Waals surface area contributed by atoms with E-state index in [1.807, 2.05) is 0 Å². The summed E-state index contributed by atoms with van der Waals surface area (Å²) in [6.07, 6.45) is 0.417. The number of nitrogens with two attached hydrogens (primary N) is 1. The van der Waals surface area contributed by atoms with Crippen molar-refractivity contribution in [1.29, 1.82) is 0 Å². The third-order valence-corrected chi connectivity index (χ3v) is 3.98. The van der Waals surface area contributed by atoms with Gasteiger partial charge in [0.15, 0.2) is 11.6 Å². The minimum atomic E-state index is -0.464. The normalized spacial score (nSPS) is 12.2. The zero-order valence-electron chi connectivity index (χ0n) is 11.4. The van der Waals surface area contributed by atoms with Gasteiger partial charge in [-0.15, -0.1) is 0 Å². The molecule has 0 fully saturated rings. The van der Waals surface area contributed by atoms with Crippen LogP contribution in [0.5, 0.6) is 5.75 Å². The first kappa shape index (κ1) is 15.9. The van der Waals surface area contributed by atoms with Crippen LogP contribution in [0.3, 0.4) is 0 Å². The van der Waals surface area contributed by atoms with Gasteiger partial charge in [-0.1, -0.05) is 22.0 Å². The second-order valence-corrected chi connectivity index (χ2v) is 5.41. The van der Waals surface area contributed by atoms with E-state index in [1.54, 1.807) is 12.1 Å². The molecular weight excluding hydrogens is 342 g/mol. The zero-order valence-corrected chi connectivity index (χ0v) is 13.0. The molecule has 2 aromatic carbocycles. The lowest BCUT2D eigenvalue weighted by atomic mass is 9.99. The number of hydrogen-bond donors (Lipinski definition) is 2. The molecule has 0 radical (unpaired) electrons. The molecule has 2 rings (SSSR count). The Morgan fingerprint density at radius 2 is 2.00 bits per heavy atom. The van der Waals surface area contributed by atoms with E-state index in [9.17, 15) is 8.78 Å². The monoisotopic (exact) mass is 356 g/mol. The predicted octanol–water partition coefficient (Wildman–Crippen LogP) is 3.48. The SMILES string of the molecule is COc1ccc(C(Cc2cc(F)ccc2Br)NN)cc1F. The molecule has 1 unspecified atom stereocenters. The summed E-state index contributed by atoms with van der Waals surface area (Å²) >= 11 is 3.37. The van der Waals surface area contributed by atoms with Crippen molar-refractivity contribution >= 4 is 15.9 Å². The lowest BCUT2D eigenvalue weighted by molar-refractivity contribution is 0.385. The maximum atomic E-state index is 13.8. The van der Waals surface area contributed by atoms with E-state index in [1.165, 1.54) is 31.4 Å². The molecule has 0 aliphatic rings. The Morgan fingerprint density at radius 3 is 2.62 bits per heavy atom. The fourth-order valence-electron chi connectivity index (χ4n) is 2.09. The zero-order chi connectivity index (χ0) is 15.4. The molecule has 0 aromatic heterocycles. The summed E-state index contributed by atoms with van der Waals surface area (Å²) in [7, 11) is 1.40. The summed E-state index contributed by atoms with van der Waals surface area (Å²) in [5.74, 6) is 4.92. The van der Waals surface area contributed by atoms with Crippen LogP contribution in [0.25, 0.3) is 0 Å². The number of ether oxygens (including phenoxy) is 1. The molecule has 0 saturated heterocycles. The average Bonchev–Trinajstić information content (AvgIpc) is 2.48. The van der Waals surface area contributed by atoms with Crippen molar-refractivity contribution in [3.63, 3.8) is 0 Å². The van der Waals surface area contributed by atoms with Crippen molar-refractivity contribution in [2.45, 2.75) is 12.5 Å². The molecule has 1 atom stereocenters. The van der Waals surface area contributed by atoms with Crippen molar-refractivity contribution < 1.29 is 13.5 Å². The van der Waals surface area contributed by atoms with Gasteiger partial charge in [-0.25, -0.2) is 8.78 Å². The lowest BCUT2D eigenvalue weighted by Crippen LogP contribution is -2.29. The molecular formula is C15H15BrF2N2O. The Morgan fingerprint density at radius 1 is 1.24 bits per heavy atom. The van der Waals surface area contributed by atoms with Gasteiger partial charge in [0.25, 0.3) is 0 Å². The highest BCUT2D eigenvalue weighted by atomic mass is 79.9. The van der Waals surface area contributed by atoms with Crippen LogP contribution >= 0.6 is 15.9 Å². The smallest absolute Gasteiger partial charge is 0.165 e. The van der Waals surface area contributed by atoms with Crippen molar-refractivity contribution in [3.05, 3.63) is 63.6 Å². The summed E-state index contributed by atoms with van der Waals surface area (Å²) in [4.78, 5) is 0. The molecule has 0 amide bonds. The minimum absolute atomic E-state index is 0.168. The largest absolute Gasteiger partial charge is 0.494 e. The number of methoxy groups -OCH3 is 1. The van der Waals surface area contributed by atoms with Gasteiger partial charge in [0.1, 0.15) is 5.82 Å². The van der Waals surface area contributed by atoms with Crippen LogP contribution in [-0.2, 0) is 6.42 Å². The second-order valence-electron chi connectivity index (χ2n) is 4.55. The number of halogens is 3. The van der Waals surface area contributed by atoms with Crippen LogP contribution in [0.1, 0.15) is 17.2 Å². The quantitative estimate of drug-likeness (QED) is 0.636. The molecule has 2 aromatic rings. The molecule has 0 aliphatic heterocycles. The summed E-state index contributed by atoms with van der Waals surface area (Å²) in [6, 6.07) is 8.70. The molecule has 21 heavy (non-hydrogen) atoms. The summed E-state index contributed by atoms with van der Waals surface area (Å²) in [5, 5.41) is 0. The van der Waals surface area contributed by atoms with Crippen molar-refractivity contribution in [3.8, 4) is 5.75 Å². The third kappa shape index (κ3) is 3.78. The molecule has 0 spiro atoms. The number of hydrazine groups is 1. The molecule has 3 nitrogen and oxygen atoms in total. The first-order valence-corrected chi connectivity index (χ1v) is 7.08. The van der Waals surface area contributed by atoms with Gasteiger partial charge in [-0.3, -0.25) is 11.3 Å². The Bertz CT molecular complexity index is 637. The van der Waals surface area contributed by atoms with Gasteiger partial charge < -0.3 is 4.74 Å². The highest BCUT2D eigenvalue weighted by Gasteiger charge is 2.15. The Hall–Kier alpha value is -1.50. The predicted molar refractivity (Wildman–Crippen MR) is 80.8 cm³/mol. The van der Waals surface area contributed by atoms with Crippen molar-refractivity contribution in [1.82, 2.24) is 5.43 Å². The Balaban J connectivity index is 2.27. The van der Waals surface area contributed by atoms with E-state index in [0.29, 0.717) is 12.0 Å². The van der Waals surface area contributed by atoms with Gasteiger partial charge in [-0.05, 0) is 47.9 Å². The van der Waals surface area contributed by atoms with Gasteiger partial charge >= 0.3 is 0 Å². The van der Waals surface area contributed by atoms with Crippen molar-refractivity contribution in [2.24, 2.45) is 5.84 Å². The lowest BCUT2D eigenvalue weighted by Gasteiger charge is -2.18. The molecule has 0 bridgehead atoms. The summed E-state index contributed by atoms with van der Waals surface area (Å²) in [5.41, 5.74) is 4.03. The van der Waals surface area contributed by atoms with Crippen LogP contribution in [-0.4, -0.2) is 7.11 Å². The van der Waals surface area contributed by atoms with Crippen LogP contribution in [0.15, 0.2) is 40.9 Å². The number of benzene rings is 2. The highest BCUT2D eigenvalue weighted by molar-refractivity contribution is 9.10. The maximum absolute atomic E-state index is 13.8. The summed E-state index contributed by atoms with van der Waals surface area (Å²) in [6.45, 7) is 0. The van der Waals surface area contributed by atoms with Crippen LogP contribution in [0.2, 0.25) is 0 Å². The second kappa shape index (κ2) is 6.98. The van der Waals surface area contributed by atoms with Crippen LogP contribution in [0.4, 0.5) is 8.78 Å². The number of rotatable bonds is 5. The van der Waals surface area contributed by atoms with Gasteiger partial charge in [0.05, 0.1) is 13.2 Å². The van der Waals surface area contributed by atoms with Crippen molar-refractivity contribution in [2.75, 3.05) is 7.11 Å². The van der Waals surface area contributed by atoms with Gasteiger partial charge in [0.2, 0.25) is 0 Å². The van der Waals surface area contributed by atoms with Gasteiger partial charge in [-0.2, -0.15) is 0 Å². The van der Waals surface area contributed by atoms with E-state index in [2.05, 4.69) is 21.4 Å². The molecule has 0 saturated carbocycles. The van der Waals surface area contributed by atoms with Crippen LogP contribution < -0.4 is 16.0 Å². The molecule has 6 heteroatoms. The molecule has 0 heterocycles. The summed E-state index contributed by atoms with van der Waals surface area (Å²) < 4.78 is 32.7. The fraction of sp³-hybridized carbons (Fsp3) is 0.200. The number of nitrogens with one attached hydrogen (secondary N) is 1. The minimum Gasteiger partial charge on any atom is -0.494 e. The number of hydrogen-bond acceptors (Lipinski definition) is 3.